The normalized spacial score (nSPS) is 49.9. The summed E-state index contributed by atoms with van der Waals surface area (Å²) in [7, 11) is 0. The lowest BCUT2D eigenvalue weighted by Gasteiger charge is -1.86. The Hall–Kier alpha value is 0.340. The van der Waals surface area contributed by atoms with Gasteiger partial charge < -0.3 is 0 Å². The number of hydrogen-bond acceptors (Lipinski definition) is 0. The van der Waals surface area contributed by atoms with Crippen LogP contribution in [0.3, 0.4) is 0 Å². The minimum Gasteiger partial charge on any atom is -0.0982 e. The van der Waals surface area contributed by atoms with Crippen LogP contribution in [0.4, 0.5) is 0 Å². The van der Waals surface area contributed by atoms with Gasteiger partial charge in [0.25, 0.3) is 0 Å². The summed E-state index contributed by atoms with van der Waals surface area (Å²) < 4.78 is 4.94. The summed E-state index contributed by atoms with van der Waals surface area (Å²) in [6, 6.07) is 0. The molecule has 1 fully saturated rings. The third kappa shape index (κ3) is 0.601. The van der Waals surface area contributed by atoms with Crippen molar-refractivity contribution in [1.82, 2.24) is 0 Å². The van der Waals surface area contributed by atoms with Crippen molar-refractivity contribution in [2.45, 2.75) is 6.92 Å². The van der Waals surface area contributed by atoms with Gasteiger partial charge in [0.05, 0.1) is 0 Å². The molecule has 2 aliphatic rings. The second-order valence-corrected chi connectivity index (χ2v) is 4.74. The molecule has 2 rings (SSSR count). The highest BCUT2D eigenvalue weighted by Crippen LogP contribution is 2.48. The van der Waals surface area contributed by atoms with Crippen LogP contribution in [0.15, 0.2) is 10.2 Å². The molecule has 0 aromatic rings. The molecule has 0 aromatic heterocycles. The maximum Gasteiger partial charge on any atom is -0.00790 e. The Morgan fingerprint density at radius 1 is 1.38 bits per heavy atom. The molecule has 1 heteroatoms. The molecule has 0 bridgehead atoms. The number of halogens is 1. The summed E-state index contributed by atoms with van der Waals surface area (Å²) in [5.41, 5.74) is 0. The Balaban J connectivity index is 2.23. The van der Waals surface area contributed by atoms with E-state index in [2.05, 4.69) is 21.1 Å². The summed E-state index contributed by atoms with van der Waals surface area (Å²) in [5, 5.41) is 0. The first-order valence-corrected chi connectivity index (χ1v) is 5.51. The smallest absolute Gasteiger partial charge is 0.00790 e. The zero-order valence-corrected chi connectivity index (χ0v) is 7.00. The van der Waals surface area contributed by atoms with Gasteiger partial charge in [-0.25, -0.2) is 0 Å². The van der Waals surface area contributed by atoms with Gasteiger partial charge in [0.2, 0.25) is 0 Å². The number of fused-ring (bicyclic) bond motifs is 1. The van der Waals surface area contributed by atoms with Gasteiger partial charge in [-0.3, -0.25) is 0 Å². The van der Waals surface area contributed by atoms with Crippen LogP contribution in [-0.2, 0) is 0 Å². The van der Waals surface area contributed by atoms with E-state index in [1.54, 1.807) is 0 Å². The molecule has 0 N–H and O–H groups in total. The van der Waals surface area contributed by atoms with Crippen molar-refractivity contribution in [1.29, 1.82) is 0 Å². The molecular formula is C7H9I. The van der Waals surface area contributed by atoms with Crippen LogP contribution in [0, 0.1) is 17.8 Å². The van der Waals surface area contributed by atoms with Gasteiger partial charge in [-0.15, -0.1) is 0 Å². The van der Waals surface area contributed by atoms with E-state index in [0.29, 0.717) is 20.7 Å². The van der Waals surface area contributed by atoms with E-state index in [1.165, 1.54) is 0 Å². The highest BCUT2D eigenvalue weighted by Gasteiger charge is 2.43. The van der Waals surface area contributed by atoms with Gasteiger partial charge in [-0.2, -0.15) is 0 Å². The van der Waals surface area contributed by atoms with E-state index in [1.807, 2.05) is 0 Å². The molecule has 0 nitrogen and oxygen atoms in total. The lowest BCUT2D eigenvalue weighted by molar-refractivity contribution is 0.894. The van der Waals surface area contributed by atoms with Crippen molar-refractivity contribution in [2.75, 3.05) is 0 Å². The molecule has 1 aliphatic carbocycles. The fraction of sp³-hybridized carbons (Fsp3) is 0.571. The highest BCUT2D eigenvalue weighted by atomic mass is 127. The minimum absolute atomic E-state index is 0.383. The van der Waals surface area contributed by atoms with Crippen LogP contribution in [-0.4, -0.2) is 4.01 Å². The van der Waals surface area contributed by atoms with Crippen molar-refractivity contribution in [3.63, 3.8) is 0 Å². The predicted octanol–water partition coefficient (Wildman–Crippen LogP) is 2.17. The average Bonchev–Trinajstić information content (AvgIpc) is 2.46. The van der Waals surface area contributed by atoms with E-state index in [0.717, 1.165) is 17.8 Å². The molecule has 0 amide bonds. The Kier molecular flexibility index (Phi) is 1.07. The van der Waals surface area contributed by atoms with E-state index < -0.39 is 0 Å². The molecule has 1 aliphatic heterocycles. The molecule has 44 valence electrons. The molecule has 0 aromatic carbocycles. The second kappa shape index (κ2) is 1.66. The fourth-order valence-corrected chi connectivity index (χ4v) is 3.85. The van der Waals surface area contributed by atoms with Crippen molar-refractivity contribution in [2.24, 2.45) is 17.8 Å². The van der Waals surface area contributed by atoms with Crippen molar-refractivity contribution < 1.29 is 0 Å². The lowest BCUT2D eigenvalue weighted by Crippen LogP contribution is -1.78. The molecule has 0 saturated heterocycles. The molecule has 8 heavy (non-hydrogen) atoms. The molecule has 3 atom stereocenters. The van der Waals surface area contributed by atoms with Gasteiger partial charge in [0.1, 0.15) is 0 Å². The number of rotatable bonds is 0. The Morgan fingerprint density at radius 2 is 2.25 bits per heavy atom. The van der Waals surface area contributed by atoms with Crippen molar-refractivity contribution in [3.8, 4) is 0 Å². The van der Waals surface area contributed by atoms with E-state index in [9.17, 15) is 0 Å². The van der Waals surface area contributed by atoms with Gasteiger partial charge in [0, 0.05) is 0 Å². The zero-order chi connectivity index (χ0) is 5.56. The first kappa shape index (κ1) is 5.15. The summed E-state index contributed by atoms with van der Waals surface area (Å²) in [6.07, 6.45) is 2.42. The van der Waals surface area contributed by atoms with Crippen molar-refractivity contribution in [3.05, 3.63) is 10.2 Å². The predicted molar refractivity (Wildman–Crippen MR) is 45.4 cm³/mol. The summed E-state index contributed by atoms with van der Waals surface area (Å²) >= 11 is 0.383. The Labute approximate surface area is 59.7 Å². The van der Waals surface area contributed by atoms with Crippen LogP contribution in [0.5, 0.6) is 0 Å². The molecule has 3 unspecified atom stereocenters. The van der Waals surface area contributed by atoms with Crippen LogP contribution in [0.1, 0.15) is 6.92 Å². The third-order valence-corrected chi connectivity index (χ3v) is 4.18. The average molecular weight is 220 g/mol. The van der Waals surface area contributed by atoms with Crippen LogP contribution < -0.4 is 0 Å². The topological polar surface area (TPSA) is 0 Å². The Bertz CT molecular complexity index is 140. The quantitative estimate of drug-likeness (QED) is 0.549. The summed E-state index contributed by atoms with van der Waals surface area (Å²) in [5.74, 6) is 2.96. The SMILES string of the molecule is CC1C2C=CI=CC12. The molecule has 1 heterocycles. The molecular weight excluding hydrogens is 211 g/mol. The van der Waals surface area contributed by atoms with Gasteiger partial charge in [0.15, 0.2) is 0 Å². The first-order valence-electron chi connectivity index (χ1n) is 3.01. The van der Waals surface area contributed by atoms with Crippen molar-refractivity contribution >= 4 is 24.7 Å². The second-order valence-electron chi connectivity index (χ2n) is 2.58. The number of hydrogen-bond donors (Lipinski definition) is 0. The van der Waals surface area contributed by atoms with Gasteiger partial charge in [-0.1, -0.05) is 33.7 Å². The van der Waals surface area contributed by atoms with Gasteiger partial charge >= 0.3 is 0 Å². The van der Waals surface area contributed by atoms with E-state index in [4.69, 9.17) is 0 Å². The third-order valence-electron chi connectivity index (χ3n) is 2.10. The van der Waals surface area contributed by atoms with E-state index in [-0.39, 0.29) is 0 Å². The maximum atomic E-state index is 2.55. The Morgan fingerprint density at radius 3 is 2.75 bits per heavy atom. The largest absolute Gasteiger partial charge is 0.0982 e. The fourth-order valence-electron chi connectivity index (χ4n) is 1.28. The molecule has 0 radical (unpaired) electrons. The van der Waals surface area contributed by atoms with Gasteiger partial charge in [-0.05, 0) is 25.8 Å². The number of allylic oxidation sites excluding steroid dienone is 1. The van der Waals surface area contributed by atoms with Crippen LogP contribution in [0.25, 0.3) is 0 Å². The van der Waals surface area contributed by atoms with Crippen LogP contribution >= 0.6 is 20.7 Å². The standard InChI is InChI=1S/C7H9I/c1-5-6-2-3-8-4-7(5)6/h2-7H,1H3. The lowest BCUT2D eigenvalue weighted by atomic mass is 10.3. The summed E-state index contributed by atoms with van der Waals surface area (Å²) in [6.45, 7) is 2.35. The highest BCUT2D eigenvalue weighted by molar-refractivity contribution is 14.2. The first-order chi connectivity index (χ1) is 3.89. The minimum atomic E-state index is 0.383. The zero-order valence-electron chi connectivity index (χ0n) is 4.84. The molecule has 1 saturated carbocycles. The van der Waals surface area contributed by atoms with E-state index >= 15 is 0 Å². The maximum absolute atomic E-state index is 2.55. The monoisotopic (exact) mass is 220 g/mol. The summed E-state index contributed by atoms with van der Waals surface area (Å²) in [4.78, 5) is 0. The molecule has 0 spiro atoms. The van der Waals surface area contributed by atoms with Crippen LogP contribution in [0.2, 0.25) is 0 Å².